The number of benzene rings is 1. The molecule has 1 aliphatic rings. The smallest absolute Gasteiger partial charge is 0.327 e. The van der Waals surface area contributed by atoms with E-state index in [1.807, 2.05) is 0 Å². The number of aliphatic carboxylic acids is 2. The Morgan fingerprint density at radius 2 is 1.57 bits per heavy atom. The van der Waals surface area contributed by atoms with Crippen molar-refractivity contribution in [2.24, 2.45) is 0 Å². The van der Waals surface area contributed by atoms with Crippen molar-refractivity contribution < 1.29 is 29.5 Å². The molecule has 2 N–H and O–H groups in total. The van der Waals surface area contributed by atoms with Crippen LogP contribution in [0.2, 0.25) is 0 Å². The van der Waals surface area contributed by atoms with Gasteiger partial charge in [-0.2, -0.15) is 0 Å². The van der Waals surface area contributed by atoms with E-state index >= 15 is 0 Å². The largest absolute Gasteiger partial charge is 0.481 e. The van der Waals surface area contributed by atoms with Crippen LogP contribution in [0.15, 0.2) is 24.3 Å². The van der Waals surface area contributed by atoms with Gasteiger partial charge in [-0.15, -0.1) is 11.8 Å². The maximum absolute atomic E-state index is 12.8. The van der Waals surface area contributed by atoms with Gasteiger partial charge in [0.15, 0.2) is 0 Å². The van der Waals surface area contributed by atoms with Gasteiger partial charge in [0.05, 0.1) is 4.92 Å². The van der Waals surface area contributed by atoms with E-state index in [0.717, 1.165) is 25.7 Å². The van der Waals surface area contributed by atoms with Gasteiger partial charge < -0.3 is 15.1 Å². The zero-order chi connectivity index (χ0) is 22.1. The summed E-state index contributed by atoms with van der Waals surface area (Å²) in [5, 5.41) is 28.5. The second-order valence-electron chi connectivity index (χ2n) is 7.20. The predicted octanol–water partition coefficient (Wildman–Crippen LogP) is 3.83. The third-order valence-corrected chi connectivity index (χ3v) is 6.32. The Labute approximate surface area is 178 Å². The number of unbranched alkanes of at least 4 members (excludes halogenated alkanes) is 5. The number of nitrogens with zero attached hydrogens (tertiary/aromatic N) is 2. The van der Waals surface area contributed by atoms with Crippen LogP contribution >= 0.6 is 11.8 Å². The van der Waals surface area contributed by atoms with Gasteiger partial charge in [-0.05, 0) is 30.5 Å². The normalized spacial score (nSPS) is 18.3. The van der Waals surface area contributed by atoms with Gasteiger partial charge >= 0.3 is 11.9 Å². The van der Waals surface area contributed by atoms with E-state index < -0.39 is 28.3 Å². The second-order valence-corrected chi connectivity index (χ2v) is 8.32. The monoisotopic (exact) mass is 438 g/mol. The average molecular weight is 439 g/mol. The van der Waals surface area contributed by atoms with Gasteiger partial charge in [-0.3, -0.25) is 19.7 Å². The lowest BCUT2D eigenvalue weighted by Crippen LogP contribution is -2.42. The molecule has 0 aromatic heterocycles. The van der Waals surface area contributed by atoms with Crippen molar-refractivity contribution in [1.29, 1.82) is 0 Å². The maximum atomic E-state index is 12.8. The Bertz CT molecular complexity index is 769. The van der Waals surface area contributed by atoms with Gasteiger partial charge in [0.1, 0.15) is 11.4 Å². The molecular formula is C20H26N2O7S. The first-order chi connectivity index (χ1) is 14.3. The van der Waals surface area contributed by atoms with Gasteiger partial charge in [0.2, 0.25) is 5.91 Å². The highest BCUT2D eigenvalue weighted by molar-refractivity contribution is 7.99. The van der Waals surface area contributed by atoms with Crippen LogP contribution in [0.5, 0.6) is 0 Å². The maximum Gasteiger partial charge on any atom is 0.327 e. The summed E-state index contributed by atoms with van der Waals surface area (Å²) in [5.41, 5.74) is 0.610. The van der Waals surface area contributed by atoms with E-state index in [0.29, 0.717) is 18.4 Å². The molecule has 2 atom stereocenters. The number of hydrogen-bond acceptors (Lipinski definition) is 6. The van der Waals surface area contributed by atoms with Crippen molar-refractivity contribution in [1.82, 2.24) is 4.90 Å². The van der Waals surface area contributed by atoms with E-state index in [1.54, 1.807) is 12.1 Å². The van der Waals surface area contributed by atoms with Crippen LogP contribution < -0.4 is 0 Å². The van der Waals surface area contributed by atoms with Gasteiger partial charge in [0.25, 0.3) is 5.69 Å². The van der Waals surface area contributed by atoms with E-state index in [9.17, 15) is 29.6 Å². The molecule has 164 valence electrons. The Kier molecular flexibility index (Phi) is 9.10. The Morgan fingerprint density at radius 1 is 1.00 bits per heavy atom. The Hall–Kier alpha value is -2.62. The molecule has 30 heavy (non-hydrogen) atoms. The zero-order valence-electron chi connectivity index (χ0n) is 16.6. The van der Waals surface area contributed by atoms with Crippen LogP contribution in [-0.2, 0) is 14.4 Å². The van der Waals surface area contributed by atoms with E-state index in [1.165, 1.54) is 28.8 Å². The molecule has 1 unspecified atom stereocenters. The number of rotatable bonds is 12. The fraction of sp³-hybridized carbons (Fsp3) is 0.550. The van der Waals surface area contributed by atoms with Crippen molar-refractivity contribution in [3.63, 3.8) is 0 Å². The molecule has 1 amide bonds. The molecule has 0 saturated carbocycles. The van der Waals surface area contributed by atoms with Gasteiger partial charge in [0, 0.05) is 30.7 Å². The average Bonchev–Trinajstić information content (AvgIpc) is 3.15. The van der Waals surface area contributed by atoms with Crippen molar-refractivity contribution >= 4 is 35.3 Å². The summed E-state index contributed by atoms with van der Waals surface area (Å²) in [5.74, 6) is -1.81. The number of carboxylic acid groups (broad SMARTS) is 2. The number of nitro groups is 1. The molecule has 9 nitrogen and oxygen atoms in total. The van der Waals surface area contributed by atoms with Gasteiger partial charge in [-0.1, -0.05) is 25.7 Å². The molecule has 1 fully saturated rings. The summed E-state index contributed by atoms with van der Waals surface area (Å²) in [4.78, 5) is 46.6. The number of nitro benzene ring substituents is 1. The third kappa shape index (κ3) is 6.72. The Balaban J connectivity index is 1.90. The highest BCUT2D eigenvalue weighted by Crippen LogP contribution is 2.42. The first-order valence-electron chi connectivity index (χ1n) is 9.93. The molecular weight excluding hydrogens is 412 g/mol. The molecule has 1 saturated heterocycles. The van der Waals surface area contributed by atoms with Crippen LogP contribution in [-0.4, -0.2) is 49.7 Å². The number of carbonyl (C=O) groups excluding carboxylic acids is 1. The molecule has 1 aliphatic heterocycles. The van der Waals surface area contributed by atoms with Crippen LogP contribution in [0.1, 0.15) is 62.3 Å². The minimum Gasteiger partial charge on any atom is -0.481 e. The summed E-state index contributed by atoms with van der Waals surface area (Å²) < 4.78 is 0. The molecule has 0 aliphatic carbocycles. The van der Waals surface area contributed by atoms with E-state index in [2.05, 4.69) is 0 Å². The van der Waals surface area contributed by atoms with Crippen molar-refractivity contribution in [2.45, 2.75) is 62.8 Å². The number of hydrogen-bond donors (Lipinski definition) is 2. The molecule has 1 heterocycles. The summed E-state index contributed by atoms with van der Waals surface area (Å²) in [7, 11) is 0. The quantitative estimate of drug-likeness (QED) is 0.285. The lowest BCUT2D eigenvalue weighted by molar-refractivity contribution is -0.384. The first kappa shape index (κ1) is 23.7. The van der Waals surface area contributed by atoms with Crippen molar-refractivity contribution in [3.05, 3.63) is 39.9 Å². The van der Waals surface area contributed by atoms with Crippen molar-refractivity contribution in [2.75, 3.05) is 5.75 Å². The van der Waals surface area contributed by atoms with E-state index in [-0.39, 0.29) is 30.2 Å². The van der Waals surface area contributed by atoms with E-state index in [4.69, 9.17) is 5.11 Å². The summed E-state index contributed by atoms with van der Waals surface area (Å²) >= 11 is 1.34. The minimum absolute atomic E-state index is 0.0576. The topological polar surface area (TPSA) is 138 Å². The summed E-state index contributed by atoms with van der Waals surface area (Å²) in [6.07, 6.45) is 5.16. The van der Waals surface area contributed by atoms with Gasteiger partial charge in [-0.25, -0.2) is 4.79 Å². The van der Waals surface area contributed by atoms with Crippen LogP contribution in [0.3, 0.4) is 0 Å². The van der Waals surface area contributed by atoms with Crippen LogP contribution in [0.4, 0.5) is 5.69 Å². The molecule has 1 aromatic rings. The fourth-order valence-electron chi connectivity index (χ4n) is 3.41. The zero-order valence-corrected chi connectivity index (χ0v) is 17.4. The number of non-ortho nitro benzene ring substituents is 1. The molecule has 10 heteroatoms. The SMILES string of the molecule is O=C(O)CCCCCCCCC(=O)N1C(c2ccc([N+](=O)[O-])cc2)SC[C@H]1C(=O)O. The highest BCUT2D eigenvalue weighted by atomic mass is 32.2. The predicted molar refractivity (Wildman–Crippen MR) is 111 cm³/mol. The number of thioether (sulfide) groups is 1. The molecule has 0 spiro atoms. The minimum atomic E-state index is -1.06. The fourth-order valence-corrected chi connectivity index (χ4v) is 4.85. The summed E-state index contributed by atoms with van der Waals surface area (Å²) in [6, 6.07) is 4.93. The molecule has 0 radical (unpaired) electrons. The highest BCUT2D eigenvalue weighted by Gasteiger charge is 2.42. The number of amides is 1. The number of carbonyl (C=O) groups is 3. The first-order valence-corrected chi connectivity index (χ1v) is 11.0. The van der Waals surface area contributed by atoms with Crippen LogP contribution in [0, 0.1) is 10.1 Å². The number of carboxylic acids is 2. The molecule has 1 aromatic carbocycles. The molecule has 0 bridgehead atoms. The third-order valence-electron chi connectivity index (χ3n) is 4.99. The molecule has 2 rings (SSSR count). The summed E-state index contributed by atoms with van der Waals surface area (Å²) in [6.45, 7) is 0. The standard InChI is InChI=1S/C20H26N2O7S/c23-17(7-5-3-1-2-4-6-8-18(24)25)21-16(20(26)27)13-30-19(21)14-9-11-15(12-10-14)22(28)29/h9-12,16,19H,1-8,13H2,(H,24,25)(H,26,27)/t16-,19?/m0/s1. The van der Waals surface area contributed by atoms with Crippen LogP contribution in [0.25, 0.3) is 0 Å². The second kappa shape index (κ2) is 11.5. The van der Waals surface area contributed by atoms with Crippen molar-refractivity contribution in [3.8, 4) is 0 Å². The Morgan fingerprint density at radius 3 is 2.10 bits per heavy atom. The lowest BCUT2D eigenvalue weighted by Gasteiger charge is -2.27. The lowest BCUT2D eigenvalue weighted by atomic mass is 10.1.